The first-order valence-corrected chi connectivity index (χ1v) is 4.70. The molecule has 0 atom stereocenters. The van der Waals surface area contributed by atoms with E-state index in [1.165, 1.54) is 0 Å². The van der Waals surface area contributed by atoms with Crippen molar-refractivity contribution in [1.29, 1.82) is 0 Å². The van der Waals surface area contributed by atoms with E-state index in [0.29, 0.717) is 11.3 Å². The number of rotatable bonds is 0. The molecule has 0 aromatic heterocycles. The van der Waals surface area contributed by atoms with Crippen LogP contribution in [0.1, 0.15) is 20.8 Å². The first-order chi connectivity index (χ1) is 4.02. The fourth-order valence-corrected chi connectivity index (χ4v) is 1.60. The van der Waals surface area contributed by atoms with Crippen LogP contribution in [-0.2, 0) is 11.3 Å². The summed E-state index contributed by atoms with van der Waals surface area (Å²) in [5, 5.41) is 0. The van der Waals surface area contributed by atoms with Gasteiger partial charge in [0.25, 0.3) is 0 Å². The zero-order valence-corrected chi connectivity index (χ0v) is 7.86. The van der Waals surface area contributed by atoms with E-state index in [1.807, 2.05) is 27.0 Å². The lowest BCUT2D eigenvalue weighted by Gasteiger charge is -2.16. The maximum absolute atomic E-state index is 10.4. The van der Waals surface area contributed by atoms with E-state index in [2.05, 4.69) is 0 Å². The highest BCUT2D eigenvalue weighted by Gasteiger charge is 2.16. The van der Waals surface area contributed by atoms with Crippen molar-refractivity contribution in [3.8, 4) is 0 Å². The van der Waals surface area contributed by atoms with Gasteiger partial charge in [-0.3, -0.25) is 0 Å². The van der Waals surface area contributed by atoms with Gasteiger partial charge in [0, 0.05) is 5.41 Å². The predicted octanol–water partition coefficient (Wildman–Crippen LogP) is 1.74. The summed E-state index contributed by atoms with van der Waals surface area (Å²) in [4.78, 5) is 0. The SMILES string of the molecule is CSC(=S=O)C(C)(C)C. The van der Waals surface area contributed by atoms with E-state index in [-0.39, 0.29) is 5.41 Å². The van der Waals surface area contributed by atoms with Gasteiger partial charge in [-0.2, -0.15) is 0 Å². The fourth-order valence-electron chi connectivity index (χ4n) is 0.465. The zero-order chi connectivity index (χ0) is 7.49. The van der Waals surface area contributed by atoms with Gasteiger partial charge in [0.1, 0.15) is 0 Å². The molecule has 0 spiro atoms. The lowest BCUT2D eigenvalue weighted by molar-refractivity contribution is 0.609. The lowest BCUT2D eigenvalue weighted by Crippen LogP contribution is -2.15. The van der Waals surface area contributed by atoms with Crippen molar-refractivity contribution in [2.24, 2.45) is 5.41 Å². The largest absolute Gasteiger partial charge is 0.212 e. The zero-order valence-electron chi connectivity index (χ0n) is 6.22. The monoisotopic (exact) mass is 164 g/mol. The van der Waals surface area contributed by atoms with Gasteiger partial charge < -0.3 is 0 Å². The third kappa shape index (κ3) is 3.06. The number of thioether (sulfide) groups is 1. The van der Waals surface area contributed by atoms with Crippen molar-refractivity contribution >= 4 is 27.2 Å². The molecule has 1 nitrogen and oxygen atoms in total. The maximum Gasteiger partial charge on any atom is 0.0995 e. The summed E-state index contributed by atoms with van der Waals surface area (Å²) in [6.45, 7) is 6.14. The highest BCUT2D eigenvalue weighted by molar-refractivity contribution is 8.20. The highest BCUT2D eigenvalue weighted by Crippen LogP contribution is 2.20. The van der Waals surface area contributed by atoms with E-state index in [1.54, 1.807) is 11.8 Å². The summed E-state index contributed by atoms with van der Waals surface area (Å²) in [5.41, 5.74) is 0.0475. The maximum atomic E-state index is 10.4. The summed E-state index contributed by atoms with van der Waals surface area (Å²) in [7, 11) is 0. The van der Waals surface area contributed by atoms with Crippen LogP contribution in [0.15, 0.2) is 0 Å². The molecule has 3 heteroatoms. The number of hydrogen-bond acceptors (Lipinski definition) is 2. The molecular formula is C6H12OS2. The van der Waals surface area contributed by atoms with Crippen molar-refractivity contribution in [3.05, 3.63) is 0 Å². The first kappa shape index (κ1) is 9.24. The van der Waals surface area contributed by atoms with Crippen molar-refractivity contribution in [2.75, 3.05) is 6.26 Å². The molecule has 0 bridgehead atoms. The van der Waals surface area contributed by atoms with Crippen LogP contribution in [0.3, 0.4) is 0 Å². The third-order valence-electron chi connectivity index (χ3n) is 0.873. The molecule has 0 aliphatic rings. The van der Waals surface area contributed by atoms with Crippen molar-refractivity contribution in [2.45, 2.75) is 20.8 Å². The van der Waals surface area contributed by atoms with E-state index >= 15 is 0 Å². The third-order valence-corrected chi connectivity index (χ3v) is 3.32. The molecule has 0 unspecified atom stereocenters. The Labute approximate surface area is 64.3 Å². The lowest BCUT2D eigenvalue weighted by atomic mass is 10.0. The average molecular weight is 164 g/mol. The summed E-state index contributed by atoms with van der Waals surface area (Å²) in [6, 6.07) is 0. The second kappa shape index (κ2) is 3.42. The van der Waals surface area contributed by atoms with Crippen molar-refractivity contribution in [3.63, 3.8) is 0 Å². The smallest absolute Gasteiger partial charge is 0.0995 e. The van der Waals surface area contributed by atoms with E-state index in [0.717, 1.165) is 4.20 Å². The Balaban J connectivity index is 4.33. The first-order valence-electron chi connectivity index (χ1n) is 2.73. The van der Waals surface area contributed by atoms with Crippen LogP contribution in [0.4, 0.5) is 0 Å². The highest BCUT2D eigenvalue weighted by atomic mass is 32.2. The van der Waals surface area contributed by atoms with E-state index < -0.39 is 0 Å². The molecule has 0 aliphatic heterocycles. The molecule has 0 aromatic rings. The van der Waals surface area contributed by atoms with Gasteiger partial charge in [-0.05, 0) is 6.26 Å². The molecule has 0 saturated carbocycles. The summed E-state index contributed by atoms with van der Waals surface area (Å²) >= 11 is 2.15. The van der Waals surface area contributed by atoms with Crippen LogP contribution < -0.4 is 0 Å². The Hall–Kier alpha value is 0.240. The van der Waals surface area contributed by atoms with Gasteiger partial charge in [-0.1, -0.05) is 20.8 Å². The molecule has 0 aliphatic carbocycles. The Kier molecular flexibility index (Phi) is 3.51. The van der Waals surface area contributed by atoms with Crippen molar-refractivity contribution in [1.82, 2.24) is 0 Å². The van der Waals surface area contributed by atoms with Gasteiger partial charge in [-0.15, -0.1) is 11.8 Å². The van der Waals surface area contributed by atoms with E-state index in [9.17, 15) is 4.21 Å². The van der Waals surface area contributed by atoms with Crippen LogP contribution in [-0.4, -0.2) is 14.7 Å². The minimum Gasteiger partial charge on any atom is -0.212 e. The Morgan fingerprint density at radius 3 is 1.78 bits per heavy atom. The Morgan fingerprint density at radius 2 is 1.78 bits per heavy atom. The molecule has 0 rings (SSSR count). The molecule has 54 valence electrons. The fraction of sp³-hybridized carbons (Fsp3) is 0.833. The van der Waals surface area contributed by atoms with Crippen LogP contribution in [0.2, 0.25) is 0 Å². The minimum atomic E-state index is 0.0475. The second-order valence-electron chi connectivity index (χ2n) is 2.82. The molecule has 0 radical (unpaired) electrons. The average Bonchev–Trinajstić information content (AvgIpc) is 1.65. The second-order valence-corrected chi connectivity index (χ2v) is 4.47. The van der Waals surface area contributed by atoms with Gasteiger partial charge in [0.2, 0.25) is 0 Å². The standard InChI is InChI=1S/C6H12OS2/c1-6(2,3)5(8-4)9-7/h1-4H3. The topological polar surface area (TPSA) is 17.1 Å². The van der Waals surface area contributed by atoms with Gasteiger partial charge in [0.05, 0.1) is 15.5 Å². The van der Waals surface area contributed by atoms with Crippen LogP contribution >= 0.6 is 11.8 Å². The summed E-state index contributed by atoms with van der Waals surface area (Å²) in [6.07, 6.45) is 1.94. The molecule has 0 aromatic carbocycles. The molecule has 0 fully saturated rings. The molecule has 0 amide bonds. The van der Waals surface area contributed by atoms with Crippen LogP contribution in [0.25, 0.3) is 0 Å². The summed E-state index contributed by atoms with van der Waals surface area (Å²) in [5.74, 6) is 0. The molecule has 0 N–H and O–H groups in total. The van der Waals surface area contributed by atoms with Gasteiger partial charge >= 0.3 is 0 Å². The molecule has 9 heavy (non-hydrogen) atoms. The Morgan fingerprint density at radius 1 is 1.33 bits per heavy atom. The molecule has 0 saturated heterocycles. The normalized spacial score (nSPS) is 11.1. The molecule has 0 heterocycles. The van der Waals surface area contributed by atoms with Gasteiger partial charge in [0.15, 0.2) is 0 Å². The van der Waals surface area contributed by atoms with Crippen molar-refractivity contribution < 1.29 is 4.21 Å². The predicted molar refractivity (Wildman–Crippen MR) is 46.1 cm³/mol. The van der Waals surface area contributed by atoms with Crippen LogP contribution in [0.5, 0.6) is 0 Å². The minimum absolute atomic E-state index is 0.0475. The summed E-state index contributed by atoms with van der Waals surface area (Å²) < 4.78 is 11.3. The van der Waals surface area contributed by atoms with Gasteiger partial charge in [-0.25, -0.2) is 4.21 Å². The quantitative estimate of drug-likeness (QED) is 0.507. The van der Waals surface area contributed by atoms with Crippen LogP contribution in [0, 0.1) is 5.41 Å². The Bertz CT molecular complexity index is 140. The molecular weight excluding hydrogens is 152 g/mol. The van der Waals surface area contributed by atoms with E-state index in [4.69, 9.17) is 0 Å². The number of hydrogen-bond donors (Lipinski definition) is 0.